The maximum absolute atomic E-state index is 11.9. The van der Waals surface area contributed by atoms with Gasteiger partial charge in [-0.15, -0.1) is 0 Å². The van der Waals surface area contributed by atoms with Crippen LogP contribution in [0.25, 0.3) is 0 Å². The van der Waals surface area contributed by atoms with Gasteiger partial charge in [0.15, 0.2) is 0 Å². The average molecular weight is 353 g/mol. The molecule has 2 N–H and O–H groups in total. The third-order valence-corrected chi connectivity index (χ3v) is 6.19. The Bertz CT molecular complexity index is 361. The number of nitrogens with one attached hydrogen (secondary N) is 2. The van der Waals surface area contributed by atoms with Gasteiger partial charge in [-0.3, -0.25) is 0 Å². The zero-order valence-electron chi connectivity index (χ0n) is 16.6. The van der Waals surface area contributed by atoms with Gasteiger partial charge in [-0.05, 0) is 50.6 Å². The van der Waals surface area contributed by atoms with Crippen LogP contribution in [-0.4, -0.2) is 68.2 Å². The number of carbonyl (C=O) groups is 1. The van der Waals surface area contributed by atoms with Gasteiger partial charge in [0.1, 0.15) is 0 Å². The number of likely N-dealkylation sites (N-methyl/N-ethyl adjacent to an activating group) is 1. The number of hydrogen-bond donors (Lipinski definition) is 2. The molecule has 1 saturated heterocycles. The van der Waals surface area contributed by atoms with Gasteiger partial charge in [-0.1, -0.05) is 33.1 Å². The highest BCUT2D eigenvalue weighted by molar-refractivity contribution is 5.73. The van der Waals surface area contributed by atoms with Crippen LogP contribution in [0.4, 0.5) is 4.79 Å². The first-order valence-electron chi connectivity index (χ1n) is 10.7. The quantitative estimate of drug-likeness (QED) is 0.627. The van der Waals surface area contributed by atoms with Crippen LogP contribution in [0.5, 0.6) is 0 Å². The van der Waals surface area contributed by atoms with Crippen molar-refractivity contribution < 1.29 is 4.79 Å². The summed E-state index contributed by atoms with van der Waals surface area (Å²) in [7, 11) is 0. The van der Waals surface area contributed by atoms with Crippen molar-refractivity contribution in [3.63, 3.8) is 0 Å². The highest BCUT2D eigenvalue weighted by Crippen LogP contribution is 2.29. The second-order valence-corrected chi connectivity index (χ2v) is 7.91. The molecule has 5 heteroatoms. The molecule has 0 atom stereocenters. The molecule has 2 fully saturated rings. The first-order chi connectivity index (χ1) is 12.2. The van der Waals surface area contributed by atoms with E-state index in [1.165, 1.54) is 77.8 Å². The van der Waals surface area contributed by atoms with Crippen molar-refractivity contribution in [1.82, 2.24) is 20.4 Å². The molecule has 2 aliphatic rings. The smallest absolute Gasteiger partial charge is 0.314 e. The van der Waals surface area contributed by atoms with E-state index >= 15 is 0 Å². The van der Waals surface area contributed by atoms with Crippen molar-refractivity contribution in [2.45, 2.75) is 58.8 Å². The molecule has 2 rings (SSSR count). The first-order valence-corrected chi connectivity index (χ1v) is 10.7. The van der Waals surface area contributed by atoms with E-state index in [2.05, 4.69) is 34.3 Å². The van der Waals surface area contributed by atoms with E-state index in [0.717, 1.165) is 25.4 Å². The predicted molar refractivity (Wildman–Crippen MR) is 105 cm³/mol. The maximum Gasteiger partial charge on any atom is 0.314 e. The van der Waals surface area contributed by atoms with Gasteiger partial charge in [0.05, 0.1) is 0 Å². The first kappa shape index (κ1) is 20.5. The molecule has 146 valence electrons. The highest BCUT2D eigenvalue weighted by atomic mass is 16.2. The number of carbonyl (C=O) groups excluding carboxylic acids is 1. The predicted octanol–water partition coefficient (Wildman–Crippen LogP) is 2.92. The topological polar surface area (TPSA) is 47.6 Å². The third kappa shape index (κ3) is 7.95. The van der Waals surface area contributed by atoms with Gasteiger partial charge in [0.2, 0.25) is 0 Å². The molecule has 1 aliphatic carbocycles. The van der Waals surface area contributed by atoms with E-state index in [4.69, 9.17) is 0 Å². The molecule has 0 radical (unpaired) electrons. The lowest BCUT2D eigenvalue weighted by Gasteiger charge is -2.33. The number of unbranched alkanes of at least 4 members (excludes halogenated alkanes) is 1. The van der Waals surface area contributed by atoms with Crippen LogP contribution in [0.1, 0.15) is 58.8 Å². The molecule has 1 heterocycles. The van der Waals surface area contributed by atoms with Gasteiger partial charge in [-0.25, -0.2) is 4.79 Å². The molecule has 25 heavy (non-hydrogen) atoms. The minimum absolute atomic E-state index is 0.0224. The Balaban J connectivity index is 1.42. The summed E-state index contributed by atoms with van der Waals surface area (Å²) in [6, 6.07) is 0.0224. The Morgan fingerprint density at radius 3 is 2.16 bits per heavy atom. The van der Waals surface area contributed by atoms with Crippen molar-refractivity contribution in [2.75, 3.05) is 52.4 Å². The summed E-state index contributed by atoms with van der Waals surface area (Å²) in [5.74, 6) is 1.62. The molecule has 0 bridgehead atoms. The molecule has 2 amide bonds. The second-order valence-electron chi connectivity index (χ2n) is 7.91. The van der Waals surface area contributed by atoms with Gasteiger partial charge in [-0.2, -0.15) is 0 Å². The number of hydrogen-bond acceptors (Lipinski definition) is 3. The SMILES string of the molecule is CCC1CCC(CNC(=O)NCCCCN2CCN(CC)CC2)CC1. The molecule has 0 aromatic rings. The molecule has 0 aromatic carbocycles. The molecular weight excluding hydrogens is 312 g/mol. The fourth-order valence-electron chi connectivity index (χ4n) is 4.13. The summed E-state index contributed by atoms with van der Waals surface area (Å²) >= 11 is 0. The number of nitrogens with zero attached hydrogens (tertiary/aromatic N) is 2. The minimum Gasteiger partial charge on any atom is -0.338 e. The zero-order chi connectivity index (χ0) is 17.9. The summed E-state index contributed by atoms with van der Waals surface area (Å²) in [5, 5.41) is 6.09. The molecular formula is C20H40N4O. The molecule has 5 nitrogen and oxygen atoms in total. The van der Waals surface area contributed by atoms with Crippen LogP contribution in [0.15, 0.2) is 0 Å². The summed E-state index contributed by atoms with van der Waals surface area (Å²) in [6.07, 6.45) is 8.81. The molecule has 0 aromatic heterocycles. The van der Waals surface area contributed by atoms with Gasteiger partial charge in [0.25, 0.3) is 0 Å². The van der Waals surface area contributed by atoms with Crippen LogP contribution < -0.4 is 10.6 Å². The van der Waals surface area contributed by atoms with E-state index in [9.17, 15) is 4.79 Å². The summed E-state index contributed by atoms with van der Waals surface area (Å²) < 4.78 is 0. The third-order valence-electron chi connectivity index (χ3n) is 6.19. The Kier molecular flexibility index (Phi) is 9.63. The Morgan fingerprint density at radius 1 is 0.880 bits per heavy atom. The van der Waals surface area contributed by atoms with E-state index < -0.39 is 0 Å². The average Bonchev–Trinajstić information content (AvgIpc) is 2.67. The van der Waals surface area contributed by atoms with Crippen LogP contribution in [0.2, 0.25) is 0 Å². The van der Waals surface area contributed by atoms with Gasteiger partial charge >= 0.3 is 6.03 Å². The number of piperazine rings is 1. The van der Waals surface area contributed by atoms with E-state index in [1.54, 1.807) is 0 Å². The van der Waals surface area contributed by atoms with Gasteiger partial charge < -0.3 is 20.4 Å². The Hall–Kier alpha value is -0.810. The molecule has 0 spiro atoms. The van der Waals surface area contributed by atoms with Crippen LogP contribution >= 0.6 is 0 Å². The largest absolute Gasteiger partial charge is 0.338 e. The normalized spacial score (nSPS) is 25.7. The Morgan fingerprint density at radius 2 is 1.52 bits per heavy atom. The van der Waals surface area contributed by atoms with E-state index in [-0.39, 0.29) is 6.03 Å². The standard InChI is InChI=1S/C20H40N4O/c1-3-18-7-9-19(10-8-18)17-22-20(25)21-11-5-6-12-24-15-13-23(4-2)14-16-24/h18-19H,3-17H2,1-2H3,(H2,21,22,25). The fraction of sp³-hybridized carbons (Fsp3) is 0.950. The minimum atomic E-state index is 0.0224. The van der Waals surface area contributed by atoms with Gasteiger partial charge in [0, 0.05) is 39.3 Å². The van der Waals surface area contributed by atoms with Crippen molar-refractivity contribution in [2.24, 2.45) is 11.8 Å². The Labute approximate surface area is 154 Å². The summed E-state index contributed by atoms with van der Waals surface area (Å²) in [4.78, 5) is 17.0. The lowest BCUT2D eigenvalue weighted by atomic mass is 9.81. The van der Waals surface area contributed by atoms with Crippen molar-refractivity contribution in [1.29, 1.82) is 0 Å². The fourth-order valence-corrected chi connectivity index (χ4v) is 4.13. The molecule has 1 aliphatic heterocycles. The lowest BCUT2D eigenvalue weighted by molar-refractivity contribution is 0.135. The van der Waals surface area contributed by atoms with E-state index in [0.29, 0.717) is 5.92 Å². The van der Waals surface area contributed by atoms with Crippen molar-refractivity contribution in [3.05, 3.63) is 0 Å². The second kappa shape index (κ2) is 11.7. The maximum atomic E-state index is 11.9. The molecule has 0 unspecified atom stereocenters. The number of amides is 2. The van der Waals surface area contributed by atoms with Crippen molar-refractivity contribution in [3.8, 4) is 0 Å². The van der Waals surface area contributed by atoms with E-state index in [1.807, 2.05) is 0 Å². The van der Waals surface area contributed by atoms with Crippen molar-refractivity contribution >= 4 is 6.03 Å². The number of urea groups is 1. The summed E-state index contributed by atoms with van der Waals surface area (Å²) in [6.45, 7) is 13.3. The van der Waals surface area contributed by atoms with Crippen LogP contribution in [0.3, 0.4) is 0 Å². The number of rotatable bonds is 9. The zero-order valence-corrected chi connectivity index (χ0v) is 16.6. The molecule has 1 saturated carbocycles. The lowest BCUT2D eigenvalue weighted by Crippen LogP contribution is -2.46. The van der Waals surface area contributed by atoms with Crippen LogP contribution in [0, 0.1) is 11.8 Å². The van der Waals surface area contributed by atoms with Crippen LogP contribution in [-0.2, 0) is 0 Å². The highest BCUT2D eigenvalue weighted by Gasteiger charge is 2.20. The summed E-state index contributed by atoms with van der Waals surface area (Å²) in [5.41, 5.74) is 0. The monoisotopic (exact) mass is 352 g/mol.